The largest absolute Gasteiger partial charge is 0.457 e. The highest BCUT2D eigenvalue weighted by atomic mass is 16.5. The second kappa shape index (κ2) is 12.6. The average Bonchev–Trinajstić information content (AvgIpc) is 3.49. The van der Waals surface area contributed by atoms with Crippen LogP contribution in [0.3, 0.4) is 0 Å². The van der Waals surface area contributed by atoms with Crippen molar-refractivity contribution in [1.29, 1.82) is 0 Å². The van der Waals surface area contributed by atoms with Gasteiger partial charge in [0.1, 0.15) is 17.8 Å². The standard InChI is InChI=1S/C33H37N7O5/c1-20-8-9-24-15-29(20)45-25-7-5-6-23(14-25)18-44-28-12-13-39(16-27(28)37-30(41)17-38(4)32(24)43)31(42)11-10-26-21(2)36-33-34-19-35-40(33)22(26)3/h5-9,14-15,19,27-28H,10-13,16-18H2,1-4H3,(H,37,41)/t27-,28+/m0/s1. The molecule has 0 unspecified atom stereocenters. The Labute approximate surface area is 261 Å². The van der Waals surface area contributed by atoms with Crippen LogP contribution >= 0.6 is 0 Å². The molecule has 0 radical (unpaired) electrons. The molecule has 2 aliphatic heterocycles. The van der Waals surface area contributed by atoms with Crippen molar-refractivity contribution < 1.29 is 23.9 Å². The number of aromatic nitrogens is 4. The molecule has 12 nitrogen and oxygen atoms in total. The van der Waals surface area contributed by atoms with E-state index in [1.165, 1.54) is 11.2 Å². The summed E-state index contributed by atoms with van der Waals surface area (Å²) in [5.41, 5.74) is 4.93. The second-order valence-corrected chi connectivity index (χ2v) is 11.8. The first-order valence-corrected chi connectivity index (χ1v) is 15.1. The predicted octanol–water partition coefficient (Wildman–Crippen LogP) is 3.16. The summed E-state index contributed by atoms with van der Waals surface area (Å²) in [5, 5.41) is 7.31. The second-order valence-electron chi connectivity index (χ2n) is 11.8. The first-order valence-electron chi connectivity index (χ1n) is 15.1. The number of hydrogen-bond donors (Lipinski definition) is 1. The van der Waals surface area contributed by atoms with Gasteiger partial charge in [-0.1, -0.05) is 18.2 Å². The van der Waals surface area contributed by atoms with Crippen molar-refractivity contribution in [1.82, 2.24) is 34.7 Å². The molecule has 3 amide bonds. The molecule has 2 atom stereocenters. The van der Waals surface area contributed by atoms with E-state index in [1.54, 1.807) is 28.6 Å². The predicted molar refractivity (Wildman–Crippen MR) is 165 cm³/mol. The molecule has 2 aromatic heterocycles. The van der Waals surface area contributed by atoms with Crippen LogP contribution in [0.5, 0.6) is 11.5 Å². The molecule has 45 heavy (non-hydrogen) atoms. The number of carbonyl (C=O) groups is 3. The molecule has 0 spiro atoms. The van der Waals surface area contributed by atoms with E-state index in [1.807, 2.05) is 51.1 Å². The van der Waals surface area contributed by atoms with Crippen LogP contribution in [-0.4, -0.2) is 85.9 Å². The molecule has 4 bridgehead atoms. The molecule has 0 saturated carbocycles. The van der Waals surface area contributed by atoms with Crippen molar-refractivity contribution in [3.63, 3.8) is 0 Å². The topological polar surface area (TPSA) is 131 Å². The molecule has 4 heterocycles. The number of benzene rings is 2. The number of amides is 3. The Bertz CT molecular complexity index is 1770. The number of aryl methyl sites for hydroxylation is 3. The molecule has 1 N–H and O–H groups in total. The molecule has 1 saturated heterocycles. The number of likely N-dealkylation sites (tertiary alicyclic amines) is 1. The fourth-order valence-corrected chi connectivity index (χ4v) is 6.03. The van der Waals surface area contributed by atoms with Crippen LogP contribution in [-0.2, 0) is 27.4 Å². The molecule has 2 aromatic carbocycles. The zero-order valence-corrected chi connectivity index (χ0v) is 25.9. The summed E-state index contributed by atoms with van der Waals surface area (Å²) in [6.07, 6.45) is 2.50. The number of carbonyl (C=O) groups excluding carboxylic acids is 3. The summed E-state index contributed by atoms with van der Waals surface area (Å²) < 4.78 is 14.2. The molecular weight excluding hydrogens is 574 g/mol. The van der Waals surface area contributed by atoms with E-state index in [-0.39, 0.29) is 30.4 Å². The third-order valence-corrected chi connectivity index (χ3v) is 8.58. The van der Waals surface area contributed by atoms with E-state index < -0.39 is 6.04 Å². The van der Waals surface area contributed by atoms with Gasteiger partial charge in [-0.2, -0.15) is 10.1 Å². The van der Waals surface area contributed by atoms with Crippen molar-refractivity contribution >= 4 is 23.5 Å². The van der Waals surface area contributed by atoms with Gasteiger partial charge in [-0.15, -0.1) is 0 Å². The number of likely N-dealkylation sites (N-methyl/N-ethyl adjacent to an activating group) is 1. The Morgan fingerprint density at radius 3 is 2.80 bits per heavy atom. The van der Waals surface area contributed by atoms with Gasteiger partial charge in [-0.25, -0.2) is 9.50 Å². The maximum atomic E-state index is 13.5. The zero-order chi connectivity index (χ0) is 31.7. The molecule has 6 rings (SSSR count). The summed E-state index contributed by atoms with van der Waals surface area (Å²) in [4.78, 5) is 51.8. The summed E-state index contributed by atoms with van der Waals surface area (Å²) in [6.45, 7) is 6.76. The minimum absolute atomic E-state index is 0.0142. The number of hydrogen-bond acceptors (Lipinski definition) is 8. The molecular formula is C33H37N7O5. The van der Waals surface area contributed by atoms with Crippen LogP contribution in [0.25, 0.3) is 5.78 Å². The smallest absolute Gasteiger partial charge is 0.254 e. The average molecular weight is 612 g/mol. The summed E-state index contributed by atoms with van der Waals surface area (Å²) in [5.74, 6) is 1.11. The monoisotopic (exact) mass is 611 g/mol. The molecule has 234 valence electrons. The highest BCUT2D eigenvalue weighted by Gasteiger charge is 2.34. The minimum Gasteiger partial charge on any atom is -0.457 e. The Morgan fingerprint density at radius 2 is 1.96 bits per heavy atom. The Morgan fingerprint density at radius 1 is 1.11 bits per heavy atom. The van der Waals surface area contributed by atoms with Crippen molar-refractivity contribution in [2.24, 2.45) is 0 Å². The first-order chi connectivity index (χ1) is 21.7. The minimum atomic E-state index is -0.450. The molecule has 4 aromatic rings. The summed E-state index contributed by atoms with van der Waals surface area (Å²) in [7, 11) is 1.59. The third-order valence-electron chi connectivity index (χ3n) is 8.58. The number of fused-ring (bicyclic) bond motifs is 6. The first kappa shape index (κ1) is 30.2. The molecule has 12 heteroatoms. The zero-order valence-electron chi connectivity index (χ0n) is 25.9. The Kier molecular flexibility index (Phi) is 8.48. The van der Waals surface area contributed by atoms with Crippen LogP contribution in [0.15, 0.2) is 48.8 Å². The van der Waals surface area contributed by atoms with E-state index in [0.717, 1.165) is 28.1 Å². The van der Waals surface area contributed by atoms with Gasteiger partial charge in [-0.3, -0.25) is 14.4 Å². The van der Waals surface area contributed by atoms with Crippen LogP contribution in [0.2, 0.25) is 0 Å². The molecule has 0 aliphatic carbocycles. The van der Waals surface area contributed by atoms with E-state index in [2.05, 4.69) is 20.4 Å². The number of rotatable bonds is 3. The highest BCUT2D eigenvalue weighted by molar-refractivity contribution is 5.96. The van der Waals surface area contributed by atoms with E-state index in [0.29, 0.717) is 61.8 Å². The SMILES string of the molecule is Cc1ccc2cc1Oc1cccc(c1)CO[C@@H]1CCN(C(=O)CCc3c(C)nc4ncnn4c3C)C[C@@H]1NC(=O)CN(C)C2=O. The number of nitrogens with zero attached hydrogens (tertiary/aromatic N) is 6. The number of ether oxygens (including phenoxy) is 2. The van der Waals surface area contributed by atoms with Gasteiger partial charge in [0.25, 0.3) is 11.7 Å². The van der Waals surface area contributed by atoms with E-state index in [9.17, 15) is 14.4 Å². The van der Waals surface area contributed by atoms with Gasteiger partial charge in [0.2, 0.25) is 11.8 Å². The van der Waals surface area contributed by atoms with E-state index in [4.69, 9.17) is 9.47 Å². The van der Waals surface area contributed by atoms with Crippen molar-refractivity contribution in [3.8, 4) is 11.5 Å². The lowest BCUT2D eigenvalue weighted by molar-refractivity contribution is -0.137. The third kappa shape index (κ3) is 6.51. The van der Waals surface area contributed by atoms with Gasteiger partial charge in [0, 0.05) is 43.5 Å². The van der Waals surface area contributed by atoms with Crippen LogP contribution < -0.4 is 10.1 Å². The summed E-state index contributed by atoms with van der Waals surface area (Å²) >= 11 is 0. The fraction of sp³-hybridized carbons (Fsp3) is 0.394. The van der Waals surface area contributed by atoms with Gasteiger partial charge in [0.05, 0.1) is 25.3 Å². The van der Waals surface area contributed by atoms with Gasteiger partial charge in [-0.05, 0) is 74.6 Å². The van der Waals surface area contributed by atoms with Gasteiger partial charge < -0.3 is 24.6 Å². The lowest BCUT2D eigenvalue weighted by Crippen LogP contribution is -2.58. The normalized spacial score (nSPS) is 19.2. The van der Waals surface area contributed by atoms with Crippen molar-refractivity contribution in [2.45, 2.75) is 58.8 Å². The van der Waals surface area contributed by atoms with E-state index >= 15 is 0 Å². The fourth-order valence-electron chi connectivity index (χ4n) is 6.03. The van der Waals surface area contributed by atoms with Crippen molar-refractivity contribution in [2.75, 3.05) is 26.7 Å². The Hall–Kier alpha value is -4.84. The van der Waals surface area contributed by atoms with Crippen molar-refractivity contribution in [3.05, 3.63) is 82.4 Å². The highest BCUT2D eigenvalue weighted by Crippen LogP contribution is 2.28. The maximum Gasteiger partial charge on any atom is 0.254 e. The van der Waals surface area contributed by atoms with Crippen LogP contribution in [0, 0.1) is 20.8 Å². The number of piperidine rings is 1. The lowest BCUT2D eigenvalue weighted by atomic mass is 10.00. The van der Waals surface area contributed by atoms with Gasteiger partial charge >= 0.3 is 0 Å². The van der Waals surface area contributed by atoms with Crippen LogP contribution in [0.4, 0.5) is 0 Å². The van der Waals surface area contributed by atoms with Gasteiger partial charge in [0.15, 0.2) is 0 Å². The lowest BCUT2D eigenvalue weighted by Gasteiger charge is -2.39. The number of nitrogens with one attached hydrogen (secondary N) is 1. The Balaban J connectivity index is 1.19. The molecule has 2 aliphatic rings. The maximum absolute atomic E-state index is 13.5. The quantitative estimate of drug-likeness (QED) is 0.374. The van der Waals surface area contributed by atoms with Crippen LogP contribution in [0.1, 0.15) is 51.3 Å². The molecule has 1 fully saturated rings. The summed E-state index contributed by atoms with van der Waals surface area (Å²) in [6, 6.07) is 12.4.